The summed E-state index contributed by atoms with van der Waals surface area (Å²) in [5, 5.41) is 0. The van der Waals surface area contributed by atoms with Crippen molar-refractivity contribution in [2.24, 2.45) is 0 Å². The summed E-state index contributed by atoms with van der Waals surface area (Å²) in [7, 11) is 0. The van der Waals surface area contributed by atoms with Crippen molar-refractivity contribution in [3.63, 3.8) is 0 Å². The number of carbonyl (C=O) groups excluding carboxylic acids is 1. The van der Waals surface area contributed by atoms with Crippen LogP contribution >= 0.6 is 0 Å². The van der Waals surface area contributed by atoms with Crippen molar-refractivity contribution in [3.05, 3.63) is 36.5 Å². The Morgan fingerprint density at radius 2 is 1.36 bits per heavy atom. The van der Waals surface area contributed by atoms with E-state index < -0.39 is 0 Å². The van der Waals surface area contributed by atoms with E-state index in [4.69, 9.17) is 4.74 Å². The van der Waals surface area contributed by atoms with Crippen LogP contribution in [0.3, 0.4) is 0 Å². The first-order valence-corrected chi connectivity index (χ1v) is 10.4. The summed E-state index contributed by atoms with van der Waals surface area (Å²) < 4.78 is 5.21. The predicted octanol–water partition coefficient (Wildman–Crippen LogP) is 7.31. The molecule has 2 nitrogen and oxygen atoms in total. The highest BCUT2D eigenvalue weighted by atomic mass is 16.5. The molecule has 0 radical (unpaired) electrons. The zero-order valence-corrected chi connectivity index (χ0v) is 16.7. The molecule has 0 fully saturated rings. The number of esters is 1. The first kappa shape index (κ1) is 23.7. The van der Waals surface area contributed by atoms with E-state index in [0.29, 0.717) is 13.0 Å². The van der Waals surface area contributed by atoms with Crippen molar-refractivity contribution in [1.82, 2.24) is 0 Å². The number of hydrogen-bond donors (Lipinski definition) is 0. The molecule has 0 heterocycles. The summed E-state index contributed by atoms with van der Waals surface area (Å²) in [6, 6.07) is 0. The van der Waals surface area contributed by atoms with Crippen molar-refractivity contribution in [2.45, 2.75) is 97.3 Å². The van der Waals surface area contributed by atoms with Crippen LogP contribution in [0, 0.1) is 0 Å². The second-order valence-electron chi connectivity index (χ2n) is 6.53. The smallest absolute Gasteiger partial charge is 0.305 e. The number of hydrogen-bond acceptors (Lipinski definition) is 2. The molecular formula is C23H40O2. The van der Waals surface area contributed by atoms with Gasteiger partial charge in [-0.05, 0) is 44.9 Å². The first-order chi connectivity index (χ1) is 12.3. The Hall–Kier alpha value is -1.31. The van der Waals surface area contributed by atoms with Gasteiger partial charge in [-0.3, -0.25) is 4.79 Å². The lowest BCUT2D eigenvalue weighted by Crippen LogP contribution is -2.05. The van der Waals surface area contributed by atoms with Gasteiger partial charge in [0.25, 0.3) is 0 Å². The van der Waals surface area contributed by atoms with E-state index in [0.717, 1.165) is 44.9 Å². The van der Waals surface area contributed by atoms with Gasteiger partial charge in [-0.25, -0.2) is 0 Å². The summed E-state index contributed by atoms with van der Waals surface area (Å²) in [6.45, 7) is 4.91. The number of allylic oxidation sites excluding steroid dienone is 6. The van der Waals surface area contributed by atoms with E-state index in [-0.39, 0.29) is 5.97 Å². The Kier molecular flexibility index (Phi) is 19.6. The third-order valence-corrected chi connectivity index (χ3v) is 4.04. The molecule has 25 heavy (non-hydrogen) atoms. The first-order valence-electron chi connectivity index (χ1n) is 10.4. The topological polar surface area (TPSA) is 26.3 Å². The standard InChI is InChI=1S/C23H40O2/c1-3-5-7-8-9-10-11-12-13-14-15-16-17-18-19-21-23(24)25-22-20-6-4-2/h5,7,9-10,12-13H,3-4,6,8,11,14-22H2,1-2H3/b7-5-,10-9-,13-12-. The highest BCUT2D eigenvalue weighted by Gasteiger charge is 2.01. The molecule has 0 unspecified atom stereocenters. The monoisotopic (exact) mass is 348 g/mol. The SMILES string of the molecule is CC/C=C\C/C=C\C/C=C\CCCCCCCC(=O)OCCCCC. The van der Waals surface area contributed by atoms with E-state index in [9.17, 15) is 4.79 Å². The van der Waals surface area contributed by atoms with Gasteiger partial charge < -0.3 is 4.74 Å². The van der Waals surface area contributed by atoms with Crippen LogP contribution in [0.2, 0.25) is 0 Å². The molecule has 0 saturated carbocycles. The summed E-state index contributed by atoms with van der Waals surface area (Å²) >= 11 is 0. The Balaban J connectivity index is 3.28. The van der Waals surface area contributed by atoms with E-state index in [2.05, 4.69) is 50.3 Å². The van der Waals surface area contributed by atoms with Gasteiger partial charge in [0.1, 0.15) is 0 Å². The molecule has 0 aromatic carbocycles. The van der Waals surface area contributed by atoms with Crippen LogP contribution in [0.1, 0.15) is 97.3 Å². The molecule has 0 bridgehead atoms. The van der Waals surface area contributed by atoms with Gasteiger partial charge in [0, 0.05) is 6.42 Å². The van der Waals surface area contributed by atoms with Gasteiger partial charge in [-0.15, -0.1) is 0 Å². The highest BCUT2D eigenvalue weighted by Crippen LogP contribution is 2.08. The van der Waals surface area contributed by atoms with Crippen LogP contribution < -0.4 is 0 Å². The van der Waals surface area contributed by atoms with Crippen molar-refractivity contribution >= 4 is 5.97 Å². The van der Waals surface area contributed by atoms with Crippen LogP contribution in [0.5, 0.6) is 0 Å². The van der Waals surface area contributed by atoms with Gasteiger partial charge in [0.05, 0.1) is 6.61 Å². The number of rotatable bonds is 17. The minimum atomic E-state index is -0.0164. The fraction of sp³-hybridized carbons (Fsp3) is 0.696. The Morgan fingerprint density at radius 3 is 2.08 bits per heavy atom. The average molecular weight is 349 g/mol. The third-order valence-electron chi connectivity index (χ3n) is 4.04. The van der Waals surface area contributed by atoms with Crippen molar-refractivity contribution in [3.8, 4) is 0 Å². The van der Waals surface area contributed by atoms with Crippen LogP contribution in [0.15, 0.2) is 36.5 Å². The normalized spacial score (nSPS) is 11.9. The minimum absolute atomic E-state index is 0.0164. The van der Waals surface area contributed by atoms with Crippen molar-refractivity contribution in [2.75, 3.05) is 6.61 Å². The lowest BCUT2D eigenvalue weighted by atomic mass is 10.1. The lowest BCUT2D eigenvalue weighted by Gasteiger charge is -2.04. The molecule has 0 amide bonds. The molecule has 0 aliphatic heterocycles. The van der Waals surface area contributed by atoms with Gasteiger partial charge in [0.15, 0.2) is 0 Å². The molecule has 2 heteroatoms. The van der Waals surface area contributed by atoms with Gasteiger partial charge in [0.2, 0.25) is 0 Å². The van der Waals surface area contributed by atoms with Gasteiger partial charge in [-0.1, -0.05) is 82.4 Å². The molecule has 0 aliphatic carbocycles. The maximum atomic E-state index is 11.5. The third kappa shape index (κ3) is 20.6. The van der Waals surface area contributed by atoms with Crippen molar-refractivity contribution < 1.29 is 9.53 Å². The quantitative estimate of drug-likeness (QED) is 0.156. The summed E-state index contributed by atoms with van der Waals surface area (Å²) in [6.07, 6.45) is 27.6. The molecule has 0 N–H and O–H groups in total. The van der Waals surface area contributed by atoms with Crippen molar-refractivity contribution in [1.29, 1.82) is 0 Å². The number of ether oxygens (including phenoxy) is 1. The Bertz CT molecular complexity index is 366. The van der Waals surface area contributed by atoms with Crippen LogP contribution in [0.4, 0.5) is 0 Å². The maximum absolute atomic E-state index is 11.5. The number of unbranched alkanes of at least 4 members (excludes halogenated alkanes) is 7. The predicted molar refractivity (Wildman–Crippen MR) is 110 cm³/mol. The minimum Gasteiger partial charge on any atom is -0.466 e. The molecule has 0 atom stereocenters. The molecule has 0 rings (SSSR count). The second-order valence-corrected chi connectivity index (χ2v) is 6.53. The molecule has 0 saturated heterocycles. The van der Waals surface area contributed by atoms with E-state index in [1.165, 1.54) is 32.1 Å². The lowest BCUT2D eigenvalue weighted by molar-refractivity contribution is -0.143. The summed E-state index contributed by atoms with van der Waals surface area (Å²) in [5.41, 5.74) is 0. The molecule has 0 spiro atoms. The molecule has 144 valence electrons. The zero-order valence-electron chi connectivity index (χ0n) is 16.7. The number of carbonyl (C=O) groups is 1. The summed E-state index contributed by atoms with van der Waals surface area (Å²) in [4.78, 5) is 11.5. The molecule has 0 aromatic heterocycles. The largest absolute Gasteiger partial charge is 0.466 e. The zero-order chi connectivity index (χ0) is 18.4. The Labute approximate surface area is 156 Å². The second kappa shape index (κ2) is 20.7. The average Bonchev–Trinajstić information content (AvgIpc) is 2.62. The molecule has 0 aliphatic rings. The van der Waals surface area contributed by atoms with E-state index in [1.54, 1.807) is 0 Å². The van der Waals surface area contributed by atoms with Crippen LogP contribution in [-0.2, 0) is 9.53 Å². The Morgan fingerprint density at radius 1 is 0.720 bits per heavy atom. The van der Waals surface area contributed by atoms with Crippen LogP contribution in [-0.4, -0.2) is 12.6 Å². The van der Waals surface area contributed by atoms with E-state index >= 15 is 0 Å². The molecular weight excluding hydrogens is 308 g/mol. The summed E-state index contributed by atoms with van der Waals surface area (Å²) in [5.74, 6) is -0.0164. The van der Waals surface area contributed by atoms with Gasteiger partial charge >= 0.3 is 5.97 Å². The van der Waals surface area contributed by atoms with E-state index in [1.807, 2.05) is 0 Å². The maximum Gasteiger partial charge on any atom is 0.305 e. The fourth-order valence-corrected chi connectivity index (χ4v) is 2.50. The van der Waals surface area contributed by atoms with Gasteiger partial charge in [-0.2, -0.15) is 0 Å². The molecule has 0 aromatic rings. The van der Waals surface area contributed by atoms with Crippen LogP contribution in [0.25, 0.3) is 0 Å². The fourth-order valence-electron chi connectivity index (χ4n) is 2.50. The highest BCUT2D eigenvalue weighted by molar-refractivity contribution is 5.69.